The van der Waals surface area contributed by atoms with Gasteiger partial charge in [-0.15, -0.1) is 0 Å². The molecule has 0 fully saturated rings. The third kappa shape index (κ3) is 9.58. The fraction of sp³-hybridized carbons (Fsp3) is 0.412. The van der Waals surface area contributed by atoms with Crippen LogP contribution in [0.4, 0.5) is 5.69 Å². The SMILES string of the molecule is CC[C@@H](C)NC(=O)[C@H](Cc1ccccc1)N(Cc1cccc(OC)c1)C(=O)CN(c1ccc(C(C)(C)C)cc1)S(C)(=O)=O. The normalized spacial score (nSPS) is 13.1. The predicted octanol–water partition coefficient (Wildman–Crippen LogP) is 5.31. The van der Waals surface area contributed by atoms with Gasteiger partial charge in [-0.25, -0.2) is 8.42 Å². The molecule has 0 saturated heterocycles. The Morgan fingerprint density at radius 1 is 0.930 bits per heavy atom. The molecule has 2 atom stereocenters. The average Bonchev–Trinajstić information content (AvgIpc) is 2.97. The van der Waals surface area contributed by atoms with Gasteiger partial charge >= 0.3 is 0 Å². The van der Waals surface area contributed by atoms with Gasteiger partial charge in [0.1, 0.15) is 18.3 Å². The molecule has 0 heterocycles. The number of carbonyl (C=O) groups is 2. The number of hydrogen-bond acceptors (Lipinski definition) is 5. The Kier molecular flexibility index (Phi) is 11.4. The Balaban J connectivity index is 2.07. The number of carbonyl (C=O) groups excluding carboxylic acids is 2. The van der Waals surface area contributed by atoms with Crippen molar-refractivity contribution < 1.29 is 22.7 Å². The van der Waals surface area contributed by atoms with Crippen molar-refractivity contribution in [3.05, 3.63) is 95.6 Å². The van der Waals surface area contributed by atoms with Crippen molar-refractivity contribution in [3.8, 4) is 5.75 Å². The third-order valence-electron chi connectivity index (χ3n) is 7.46. The molecule has 3 aromatic carbocycles. The number of nitrogens with zero attached hydrogens (tertiary/aromatic N) is 2. The quantitative estimate of drug-likeness (QED) is 0.284. The van der Waals surface area contributed by atoms with Crippen LogP contribution in [0.3, 0.4) is 0 Å². The number of amides is 2. The molecule has 0 aromatic heterocycles. The highest BCUT2D eigenvalue weighted by atomic mass is 32.2. The van der Waals surface area contributed by atoms with Crippen LogP contribution in [0.2, 0.25) is 0 Å². The molecular formula is C34H45N3O5S. The fourth-order valence-electron chi connectivity index (χ4n) is 4.70. The molecular weight excluding hydrogens is 562 g/mol. The Morgan fingerprint density at radius 3 is 2.12 bits per heavy atom. The number of sulfonamides is 1. The van der Waals surface area contributed by atoms with Crippen molar-refractivity contribution in [2.45, 2.75) is 71.5 Å². The van der Waals surface area contributed by atoms with Gasteiger partial charge in [0, 0.05) is 19.0 Å². The Labute approximate surface area is 257 Å². The summed E-state index contributed by atoms with van der Waals surface area (Å²) in [6.45, 7) is 9.75. The van der Waals surface area contributed by atoms with Crippen LogP contribution in [0.25, 0.3) is 0 Å². The lowest BCUT2D eigenvalue weighted by Gasteiger charge is -2.34. The number of benzene rings is 3. The molecule has 0 aliphatic heterocycles. The van der Waals surface area contributed by atoms with Gasteiger partial charge in [0.2, 0.25) is 21.8 Å². The van der Waals surface area contributed by atoms with Crippen molar-refractivity contribution in [1.82, 2.24) is 10.2 Å². The largest absolute Gasteiger partial charge is 0.497 e. The van der Waals surface area contributed by atoms with E-state index in [1.807, 2.05) is 74.5 Å². The Bertz CT molecular complexity index is 1470. The lowest BCUT2D eigenvalue weighted by atomic mass is 9.87. The van der Waals surface area contributed by atoms with E-state index in [-0.39, 0.29) is 30.3 Å². The van der Waals surface area contributed by atoms with Crippen LogP contribution >= 0.6 is 0 Å². The molecule has 0 saturated carbocycles. The maximum Gasteiger partial charge on any atom is 0.244 e. The van der Waals surface area contributed by atoms with Crippen LogP contribution in [-0.4, -0.2) is 57.1 Å². The summed E-state index contributed by atoms with van der Waals surface area (Å²) in [4.78, 5) is 29.5. The van der Waals surface area contributed by atoms with Crippen LogP contribution in [0.5, 0.6) is 5.75 Å². The number of rotatable bonds is 13. The minimum atomic E-state index is -3.84. The van der Waals surface area contributed by atoms with E-state index in [0.717, 1.165) is 33.7 Å². The van der Waals surface area contributed by atoms with Crippen molar-refractivity contribution in [2.24, 2.45) is 0 Å². The van der Waals surface area contributed by atoms with Crippen molar-refractivity contribution in [3.63, 3.8) is 0 Å². The van der Waals surface area contributed by atoms with Crippen LogP contribution < -0.4 is 14.4 Å². The Hall–Kier alpha value is -3.85. The molecule has 0 aliphatic carbocycles. The molecule has 2 amide bonds. The molecule has 3 rings (SSSR count). The second-order valence-corrected chi connectivity index (χ2v) is 13.9. The number of methoxy groups -OCH3 is 1. The highest BCUT2D eigenvalue weighted by Crippen LogP contribution is 2.27. The standard InChI is InChI=1S/C34H45N3O5S/c1-8-25(2)35-33(39)31(22-26-13-10-9-11-14-26)36(23-27-15-12-16-30(21-27)42-6)32(38)24-37(43(7,40)41)29-19-17-28(18-20-29)34(3,4)5/h9-21,25,31H,8,22-24H2,1-7H3,(H,35,39)/t25-,31+/m1/s1. The van der Waals surface area contributed by atoms with Crippen molar-refractivity contribution >= 4 is 27.5 Å². The molecule has 9 heteroatoms. The van der Waals surface area contributed by atoms with Gasteiger partial charge in [-0.1, -0.05) is 82.3 Å². The predicted molar refractivity (Wildman–Crippen MR) is 173 cm³/mol. The summed E-state index contributed by atoms with van der Waals surface area (Å²) in [6.07, 6.45) is 2.07. The van der Waals surface area contributed by atoms with E-state index in [4.69, 9.17) is 4.74 Å². The summed E-state index contributed by atoms with van der Waals surface area (Å²) in [5.41, 5.74) is 2.94. The first kappa shape index (κ1) is 33.6. The molecule has 8 nitrogen and oxygen atoms in total. The monoisotopic (exact) mass is 607 g/mol. The summed E-state index contributed by atoms with van der Waals surface area (Å²) < 4.78 is 32.6. The zero-order chi connectivity index (χ0) is 31.8. The molecule has 0 aliphatic rings. The molecule has 232 valence electrons. The van der Waals surface area contributed by atoms with Crippen LogP contribution in [0, 0.1) is 0 Å². The van der Waals surface area contributed by atoms with E-state index in [2.05, 4.69) is 26.1 Å². The van der Waals surface area contributed by atoms with Crippen molar-refractivity contribution in [1.29, 1.82) is 0 Å². The van der Waals surface area contributed by atoms with E-state index in [1.165, 1.54) is 4.90 Å². The van der Waals surface area contributed by atoms with E-state index in [9.17, 15) is 18.0 Å². The van der Waals surface area contributed by atoms with Gasteiger partial charge < -0.3 is 15.0 Å². The minimum absolute atomic E-state index is 0.0853. The van der Waals surface area contributed by atoms with Gasteiger partial charge in [-0.05, 0) is 59.7 Å². The first-order chi connectivity index (χ1) is 20.2. The molecule has 0 unspecified atom stereocenters. The molecule has 0 bridgehead atoms. The zero-order valence-electron chi connectivity index (χ0n) is 26.3. The van der Waals surface area contributed by atoms with E-state index in [0.29, 0.717) is 11.4 Å². The topological polar surface area (TPSA) is 96.0 Å². The number of hydrogen-bond donors (Lipinski definition) is 1. The second-order valence-electron chi connectivity index (χ2n) is 12.0. The van der Waals surface area contributed by atoms with E-state index < -0.39 is 28.5 Å². The summed E-state index contributed by atoms with van der Waals surface area (Å²) in [6, 6.07) is 23.0. The summed E-state index contributed by atoms with van der Waals surface area (Å²) >= 11 is 0. The summed E-state index contributed by atoms with van der Waals surface area (Å²) in [5.74, 6) is -0.173. The third-order valence-corrected chi connectivity index (χ3v) is 8.60. The van der Waals surface area contributed by atoms with Crippen molar-refractivity contribution in [2.75, 3.05) is 24.2 Å². The number of anilines is 1. The zero-order valence-corrected chi connectivity index (χ0v) is 27.1. The summed E-state index contributed by atoms with van der Waals surface area (Å²) in [5, 5.41) is 3.04. The Morgan fingerprint density at radius 2 is 1.56 bits per heavy atom. The summed E-state index contributed by atoms with van der Waals surface area (Å²) in [7, 11) is -2.28. The average molecular weight is 608 g/mol. The number of ether oxygens (including phenoxy) is 1. The number of nitrogens with one attached hydrogen (secondary N) is 1. The van der Waals surface area contributed by atoms with Gasteiger partial charge in [0.15, 0.2) is 0 Å². The lowest BCUT2D eigenvalue weighted by molar-refractivity contribution is -0.140. The molecule has 43 heavy (non-hydrogen) atoms. The van der Waals surface area contributed by atoms with Crippen LogP contribution in [0.1, 0.15) is 57.7 Å². The lowest BCUT2D eigenvalue weighted by Crippen LogP contribution is -2.54. The minimum Gasteiger partial charge on any atom is -0.497 e. The van der Waals surface area contributed by atoms with Gasteiger partial charge in [0.25, 0.3) is 0 Å². The molecule has 3 aromatic rings. The second kappa shape index (κ2) is 14.6. The highest BCUT2D eigenvalue weighted by Gasteiger charge is 2.33. The first-order valence-corrected chi connectivity index (χ1v) is 16.4. The van der Waals surface area contributed by atoms with Crippen LogP contribution in [-0.2, 0) is 38.0 Å². The molecule has 0 spiro atoms. The fourth-order valence-corrected chi connectivity index (χ4v) is 5.55. The maximum absolute atomic E-state index is 14.3. The van der Waals surface area contributed by atoms with E-state index >= 15 is 0 Å². The van der Waals surface area contributed by atoms with Gasteiger partial charge in [-0.3, -0.25) is 13.9 Å². The maximum atomic E-state index is 14.3. The molecule has 1 N–H and O–H groups in total. The highest BCUT2D eigenvalue weighted by molar-refractivity contribution is 7.92. The van der Waals surface area contributed by atoms with E-state index in [1.54, 1.807) is 25.3 Å². The van der Waals surface area contributed by atoms with Gasteiger partial charge in [0.05, 0.1) is 19.1 Å². The van der Waals surface area contributed by atoms with Crippen LogP contribution in [0.15, 0.2) is 78.9 Å². The first-order valence-electron chi connectivity index (χ1n) is 14.6. The molecule has 0 radical (unpaired) electrons. The van der Waals surface area contributed by atoms with Gasteiger partial charge in [-0.2, -0.15) is 0 Å². The smallest absolute Gasteiger partial charge is 0.244 e.